The van der Waals surface area contributed by atoms with Crippen LogP contribution in [0.1, 0.15) is 39.4 Å². The molecule has 0 saturated carbocycles. The number of hydrogen-bond acceptors (Lipinski definition) is 6. The average molecular weight is 394 g/mol. The molecule has 3 N–H and O–H groups in total. The van der Waals surface area contributed by atoms with Gasteiger partial charge in [-0.2, -0.15) is 0 Å². The van der Waals surface area contributed by atoms with Crippen molar-refractivity contribution in [1.29, 1.82) is 0 Å². The summed E-state index contributed by atoms with van der Waals surface area (Å²) in [6, 6.07) is 3.32. The highest BCUT2D eigenvalue weighted by Crippen LogP contribution is 2.19. The molecular formula is C18H26N4O6. The van der Waals surface area contributed by atoms with Crippen LogP contribution in [0.15, 0.2) is 22.8 Å². The Bertz CT molecular complexity index is 702. The Morgan fingerprint density at radius 2 is 1.82 bits per heavy atom. The molecule has 1 fully saturated rings. The Morgan fingerprint density at radius 3 is 2.39 bits per heavy atom. The number of likely N-dealkylation sites (tertiary alicyclic amines) is 1. The van der Waals surface area contributed by atoms with E-state index in [0.717, 1.165) is 0 Å². The fourth-order valence-corrected chi connectivity index (χ4v) is 2.59. The highest BCUT2D eigenvalue weighted by atomic mass is 16.6. The number of nitrogens with one attached hydrogen (secondary N) is 3. The standard InChI is InChI=1S/C18H26N4O6/c1-18(2,3)28-17(26)22-8-6-12(7-9-22)14(23)20-21-16(25)15(24)19-11-13-5-4-10-27-13/h4-5,10,12H,6-9,11H2,1-3H3,(H,19,24)(H,20,23)(H,21,25). The van der Waals surface area contributed by atoms with E-state index in [0.29, 0.717) is 31.7 Å². The van der Waals surface area contributed by atoms with Crippen LogP contribution in [0.25, 0.3) is 0 Å². The number of rotatable bonds is 3. The molecule has 4 amide bonds. The number of ether oxygens (including phenoxy) is 1. The van der Waals surface area contributed by atoms with Crippen molar-refractivity contribution in [1.82, 2.24) is 21.1 Å². The van der Waals surface area contributed by atoms with Crippen LogP contribution >= 0.6 is 0 Å². The van der Waals surface area contributed by atoms with Crippen LogP contribution in [-0.4, -0.2) is 47.4 Å². The van der Waals surface area contributed by atoms with E-state index < -0.39 is 29.4 Å². The van der Waals surface area contributed by atoms with Crippen LogP contribution in [-0.2, 0) is 25.7 Å². The van der Waals surface area contributed by atoms with E-state index in [2.05, 4.69) is 16.2 Å². The third kappa shape index (κ3) is 6.60. The van der Waals surface area contributed by atoms with E-state index in [1.165, 1.54) is 6.26 Å². The van der Waals surface area contributed by atoms with Crippen molar-refractivity contribution in [3.05, 3.63) is 24.2 Å². The van der Waals surface area contributed by atoms with Gasteiger partial charge in [-0.25, -0.2) is 4.79 Å². The molecule has 2 heterocycles. The Morgan fingerprint density at radius 1 is 1.14 bits per heavy atom. The summed E-state index contributed by atoms with van der Waals surface area (Å²) in [5, 5.41) is 2.37. The Hall–Kier alpha value is -3.04. The van der Waals surface area contributed by atoms with E-state index in [9.17, 15) is 19.2 Å². The lowest BCUT2D eigenvalue weighted by Crippen LogP contribution is -2.51. The predicted octanol–water partition coefficient (Wildman–Crippen LogP) is 0.690. The monoisotopic (exact) mass is 394 g/mol. The van der Waals surface area contributed by atoms with Gasteiger partial charge < -0.3 is 19.4 Å². The normalized spacial score (nSPS) is 14.9. The first kappa shape index (κ1) is 21.3. The van der Waals surface area contributed by atoms with Crippen LogP contribution in [0.4, 0.5) is 4.79 Å². The summed E-state index contributed by atoms with van der Waals surface area (Å²) < 4.78 is 10.3. The molecule has 0 bridgehead atoms. The van der Waals surface area contributed by atoms with Crippen molar-refractivity contribution in [2.45, 2.75) is 45.8 Å². The maximum Gasteiger partial charge on any atom is 0.410 e. The fourth-order valence-electron chi connectivity index (χ4n) is 2.59. The fraction of sp³-hybridized carbons (Fsp3) is 0.556. The van der Waals surface area contributed by atoms with Gasteiger partial charge in [0.1, 0.15) is 11.4 Å². The molecule has 1 aromatic heterocycles. The lowest BCUT2D eigenvalue weighted by Gasteiger charge is -2.32. The maximum absolute atomic E-state index is 12.2. The van der Waals surface area contributed by atoms with E-state index in [-0.39, 0.29) is 12.5 Å². The van der Waals surface area contributed by atoms with Gasteiger partial charge in [-0.05, 0) is 45.7 Å². The first-order valence-electron chi connectivity index (χ1n) is 9.04. The predicted molar refractivity (Wildman–Crippen MR) is 97.4 cm³/mol. The van der Waals surface area contributed by atoms with Gasteiger partial charge in [0.25, 0.3) is 0 Å². The van der Waals surface area contributed by atoms with E-state index in [4.69, 9.17) is 9.15 Å². The van der Waals surface area contributed by atoms with Crippen LogP contribution < -0.4 is 16.2 Å². The number of carbonyl (C=O) groups excluding carboxylic acids is 4. The number of furan rings is 1. The summed E-state index contributed by atoms with van der Waals surface area (Å²) in [5.74, 6) is -2.15. The zero-order valence-corrected chi connectivity index (χ0v) is 16.2. The lowest BCUT2D eigenvalue weighted by atomic mass is 9.96. The minimum absolute atomic E-state index is 0.0658. The smallest absolute Gasteiger partial charge is 0.410 e. The first-order chi connectivity index (χ1) is 13.2. The molecule has 1 aliphatic rings. The van der Waals surface area contributed by atoms with Crippen LogP contribution in [0.3, 0.4) is 0 Å². The molecule has 154 valence electrons. The van der Waals surface area contributed by atoms with Gasteiger partial charge in [-0.15, -0.1) is 0 Å². The Labute approximate surface area is 162 Å². The topological polar surface area (TPSA) is 130 Å². The lowest BCUT2D eigenvalue weighted by molar-refractivity contribution is -0.141. The van der Waals surface area contributed by atoms with Gasteiger partial charge in [0.15, 0.2) is 0 Å². The number of hydrogen-bond donors (Lipinski definition) is 3. The molecule has 1 aromatic rings. The van der Waals surface area contributed by atoms with E-state index in [1.807, 2.05) is 0 Å². The maximum atomic E-state index is 12.2. The van der Waals surface area contributed by atoms with Crippen molar-refractivity contribution in [3.63, 3.8) is 0 Å². The molecule has 0 unspecified atom stereocenters. The summed E-state index contributed by atoms with van der Waals surface area (Å²) >= 11 is 0. The summed E-state index contributed by atoms with van der Waals surface area (Å²) in [4.78, 5) is 49.2. The summed E-state index contributed by atoms with van der Waals surface area (Å²) in [6.07, 6.45) is 1.92. The zero-order valence-electron chi connectivity index (χ0n) is 16.2. The van der Waals surface area contributed by atoms with Gasteiger partial charge >= 0.3 is 17.9 Å². The molecule has 1 saturated heterocycles. The number of carbonyl (C=O) groups is 4. The van der Waals surface area contributed by atoms with Gasteiger partial charge in [-0.1, -0.05) is 0 Å². The number of nitrogens with zero attached hydrogens (tertiary/aromatic N) is 1. The molecular weight excluding hydrogens is 368 g/mol. The van der Waals surface area contributed by atoms with Gasteiger partial charge in [0.05, 0.1) is 12.8 Å². The minimum Gasteiger partial charge on any atom is -0.467 e. The molecule has 0 aromatic carbocycles. The number of piperidine rings is 1. The Balaban J connectivity index is 1.68. The van der Waals surface area contributed by atoms with E-state index >= 15 is 0 Å². The number of amides is 4. The molecule has 0 aliphatic carbocycles. The van der Waals surface area contributed by atoms with Crippen molar-refractivity contribution in [3.8, 4) is 0 Å². The SMILES string of the molecule is CC(C)(C)OC(=O)N1CCC(C(=O)NNC(=O)C(=O)NCc2ccco2)CC1. The highest BCUT2D eigenvalue weighted by molar-refractivity contribution is 6.35. The third-order valence-corrected chi connectivity index (χ3v) is 4.03. The second kappa shape index (κ2) is 9.25. The van der Waals surface area contributed by atoms with Gasteiger partial charge in [-0.3, -0.25) is 25.2 Å². The molecule has 0 spiro atoms. The molecule has 2 rings (SSSR count). The average Bonchev–Trinajstić information content (AvgIpc) is 3.16. The second-order valence-corrected chi connectivity index (χ2v) is 7.45. The molecule has 10 heteroatoms. The summed E-state index contributed by atoms with van der Waals surface area (Å²) in [6.45, 7) is 6.20. The highest BCUT2D eigenvalue weighted by Gasteiger charge is 2.30. The zero-order chi connectivity index (χ0) is 20.7. The summed E-state index contributed by atoms with van der Waals surface area (Å²) in [7, 11) is 0. The second-order valence-electron chi connectivity index (χ2n) is 7.45. The quantitative estimate of drug-likeness (QED) is 0.511. The third-order valence-electron chi connectivity index (χ3n) is 4.03. The van der Waals surface area contributed by atoms with Crippen LogP contribution in [0.5, 0.6) is 0 Å². The van der Waals surface area contributed by atoms with Crippen LogP contribution in [0.2, 0.25) is 0 Å². The molecule has 1 aliphatic heterocycles. The van der Waals surface area contributed by atoms with E-state index in [1.54, 1.807) is 37.8 Å². The first-order valence-corrected chi connectivity index (χ1v) is 9.04. The van der Waals surface area contributed by atoms with Crippen molar-refractivity contribution < 1.29 is 28.3 Å². The Kier molecular flexibility index (Phi) is 7.02. The largest absolute Gasteiger partial charge is 0.467 e. The van der Waals surface area contributed by atoms with Gasteiger partial charge in [0, 0.05) is 19.0 Å². The van der Waals surface area contributed by atoms with Crippen LogP contribution in [0, 0.1) is 5.92 Å². The molecule has 10 nitrogen and oxygen atoms in total. The minimum atomic E-state index is -0.980. The van der Waals surface area contributed by atoms with Crippen molar-refractivity contribution >= 4 is 23.8 Å². The van der Waals surface area contributed by atoms with Crippen molar-refractivity contribution in [2.24, 2.45) is 5.92 Å². The van der Waals surface area contributed by atoms with Gasteiger partial charge in [0.2, 0.25) is 5.91 Å². The van der Waals surface area contributed by atoms with Crippen molar-refractivity contribution in [2.75, 3.05) is 13.1 Å². The number of hydrazine groups is 1. The molecule has 0 atom stereocenters. The molecule has 0 radical (unpaired) electrons. The molecule has 28 heavy (non-hydrogen) atoms. The summed E-state index contributed by atoms with van der Waals surface area (Å²) in [5.41, 5.74) is 3.76.